The van der Waals surface area contributed by atoms with Gasteiger partial charge in [-0.25, -0.2) is 4.79 Å². The predicted molar refractivity (Wildman–Crippen MR) is 105 cm³/mol. The third-order valence-corrected chi connectivity index (χ3v) is 4.59. The number of amides is 3. The number of hydrogen-bond donors (Lipinski definition) is 1. The maximum Gasteiger partial charge on any atom is 0.338 e. The largest absolute Gasteiger partial charge is 0.449 e. The highest BCUT2D eigenvalue weighted by molar-refractivity contribution is 6.21. The number of imide groups is 1. The fourth-order valence-electron chi connectivity index (χ4n) is 3.00. The van der Waals surface area contributed by atoms with Gasteiger partial charge in [0, 0.05) is 6.54 Å². The first-order chi connectivity index (χ1) is 13.9. The molecule has 1 atom stereocenters. The zero-order valence-corrected chi connectivity index (χ0v) is 16.3. The number of benzene rings is 2. The molecule has 7 nitrogen and oxygen atoms in total. The number of nitrogens with one attached hydrogen (secondary N) is 1. The molecule has 2 aromatic rings. The molecular weight excluding hydrogens is 372 g/mol. The van der Waals surface area contributed by atoms with E-state index < -0.39 is 23.9 Å². The quantitative estimate of drug-likeness (QED) is 0.575. The van der Waals surface area contributed by atoms with E-state index >= 15 is 0 Å². The zero-order chi connectivity index (χ0) is 21.0. The minimum Gasteiger partial charge on any atom is -0.449 e. The first-order valence-electron chi connectivity index (χ1n) is 9.45. The average Bonchev–Trinajstić information content (AvgIpc) is 2.97. The zero-order valence-electron chi connectivity index (χ0n) is 16.3. The Kier molecular flexibility index (Phi) is 6.07. The van der Waals surface area contributed by atoms with Gasteiger partial charge in [-0.15, -0.1) is 0 Å². The van der Waals surface area contributed by atoms with Crippen LogP contribution in [0.1, 0.15) is 56.9 Å². The molecule has 0 aliphatic carbocycles. The number of nitrogens with zero attached hydrogens (tertiary/aromatic N) is 1. The van der Waals surface area contributed by atoms with Crippen molar-refractivity contribution >= 4 is 23.7 Å². The van der Waals surface area contributed by atoms with Crippen LogP contribution in [0, 0.1) is 0 Å². The van der Waals surface area contributed by atoms with Crippen molar-refractivity contribution in [2.24, 2.45) is 0 Å². The van der Waals surface area contributed by atoms with Gasteiger partial charge in [0.15, 0.2) is 6.10 Å². The van der Waals surface area contributed by atoms with Crippen molar-refractivity contribution in [3.05, 3.63) is 70.8 Å². The summed E-state index contributed by atoms with van der Waals surface area (Å²) in [4.78, 5) is 50.7. The van der Waals surface area contributed by atoms with Crippen LogP contribution >= 0.6 is 0 Å². The van der Waals surface area contributed by atoms with E-state index in [1.807, 2.05) is 37.3 Å². The molecule has 3 rings (SSSR count). The highest BCUT2D eigenvalue weighted by Crippen LogP contribution is 2.26. The van der Waals surface area contributed by atoms with Crippen molar-refractivity contribution in [3.8, 4) is 0 Å². The molecule has 0 spiro atoms. The monoisotopic (exact) mass is 394 g/mol. The maximum atomic E-state index is 12.7. The van der Waals surface area contributed by atoms with Crippen molar-refractivity contribution in [2.75, 3.05) is 6.54 Å². The fourth-order valence-corrected chi connectivity index (χ4v) is 3.00. The molecule has 150 valence electrons. The second-order valence-electron chi connectivity index (χ2n) is 6.78. The van der Waals surface area contributed by atoms with E-state index in [9.17, 15) is 19.2 Å². The summed E-state index contributed by atoms with van der Waals surface area (Å²) in [5, 5.41) is 2.65. The van der Waals surface area contributed by atoms with Crippen molar-refractivity contribution in [2.45, 2.75) is 32.9 Å². The van der Waals surface area contributed by atoms with E-state index in [0.717, 1.165) is 16.9 Å². The van der Waals surface area contributed by atoms with Crippen molar-refractivity contribution < 1.29 is 23.9 Å². The number of fused-ring (bicyclic) bond motifs is 1. The summed E-state index contributed by atoms with van der Waals surface area (Å²) in [5.41, 5.74) is 1.34. The second-order valence-corrected chi connectivity index (χ2v) is 6.78. The van der Waals surface area contributed by atoms with Crippen molar-refractivity contribution in [3.63, 3.8) is 0 Å². The molecule has 0 fully saturated rings. The number of carbonyl (C=O) groups is 4. The summed E-state index contributed by atoms with van der Waals surface area (Å²) in [6.45, 7) is 4.04. The highest BCUT2D eigenvalue weighted by atomic mass is 16.5. The van der Waals surface area contributed by atoms with Crippen LogP contribution in [-0.2, 0) is 16.1 Å². The number of esters is 1. The Balaban J connectivity index is 1.74. The van der Waals surface area contributed by atoms with Crippen LogP contribution in [0.4, 0.5) is 0 Å². The van der Waals surface area contributed by atoms with Crippen LogP contribution < -0.4 is 5.32 Å². The molecule has 1 aliphatic heterocycles. The van der Waals surface area contributed by atoms with Gasteiger partial charge in [-0.3, -0.25) is 19.3 Å². The number of carbonyl (C=O) groups excluding carboxylic acids is 4. The molecule has 1 aliphatic rings. The van der Waals surface area contributed by atoms with E-state index in [2.05, 4.69) is 5.32 Å². The van der Waals surface area contributed by atoms with Gasteiger partial charge in [0.2, 0.25) is 0 Å². The first-order valence-corrected chi connectivity index (χ1v) is 9.45. The second kappa shape index (κ2) is 8.68. The lowest BCUT2D eigenvalue weighted by Crippen LogP contribution is -2.36. The molecule has 0 bridgehead atoms. The molecule has 29 heavy (non-hydrogen) atoms. The third kappa shape index (κ3) is 4.34. The molecule has 1 heterocycles. The van der Waals surface area contributed by atoms with E-state index in [4.69, 9.17) is 4.74 Å². The number of ether oxygens (including phenoxy) is 1. The first kappa shape index (κ1) is 20.3. The summed E-state index contributed by atoms with van der Waals surface area (Å²) >= 11 is 0. The molecule has 7 heteroatoms. The van der Waals surface area contributed by atoms with E-state index in [0.29, 0.717) is 6.54 Å². The fraction of sp³-hybridized carbons (Fsp3) is 0.273. The maximum absolute atomic E-state index is 12.7. The van der Waals surface area contributed by atoms with Gasteiger partial charge >= 0.3 is 5.97 Å². The Bertz CT molecular complexity index is 955. The van der Waals surface area contributed by atoms with Gasteiger partial charge in [-0.2, -0.15) is 0 Å². The Morgan fingerprint density at radius 1 is 1.03 bits per heavy atom. The van der Waals surface area contributed by atoms with Crippen LogP contribution in [-0.4, -0.2) is 41.2 Å². The van der Waals surface area contributed by atoms with Gasteiger partial charge < -0.3 is 10.1 Å². The smallest absolute Gasteiger partial charge is 0.338 e. The van der Waals surface area contributed by atoms with E-state index in [1.54, 1.807) is 0 Å². The van der Waals surface area contributed by atoms with E-state index in [1.165, 1.54) is 25.1 Å². The summed E-state index contributed by atoms with van der Waals surface area (Å²) in [7, 11) is 0. The van der Waals surface area contributed by atoms with Gasteiger partial charge in [0.05, 0.1) is 23.2 Å². The summed E-state index contributed by atoms with van der Waals surface area (Å²) in [5.74, 6) is -1.98. The van der Waals surface area contributed by atoms with Gasteiger partial charge in [0.25, 0.3) is 17.7 Å². The van der Waals surface area contributed by atoms with Crippen LogP contribution in [0.2, 0.25) is 0 Å². The standard InChI is InChI=1S/C22H22N2O5/c1-3-11-23-19(25)14(2)29-22(28)16-9-10-17-18(12-16)21(27)24(20(17)26)13-15-7-5-4-6-8-15/h4-10,12,14H,3,11,13H2,1-2H3,(H,23,25)/t14-/m1/s1. The normalized spacial score (nSPS) is 13.8. The SMILES string of the molecule is CCCNC(=O)[C@@H](C)OC(=O)c1ccc2c(c1)C(=O)N(Cc1ccccc1)C2=O. The minimum absolute atomic E-state index is 0.113. The Morgan fingerprint density at radius 2 is 1.72 bits per heavy atom. The van der Waals surface area contributed by atoms with Crippen LogP contribution in [0.3, 0.4) is 0 Å². The van der Waals surface area contributed by atoms with Gasteiger partial charge in [0.1, 0.15) is 0 Å². The minimum atomic E-state index is -0.964. The molecule has 1 N–H and O–H groups in total. The Hall–Kier alpha value is -3.48. The summed E-state index contributed by atoms with van der Waals surface area (Å²) < 4.78 is 5.18. The Morgan fingerprint density at radius 3 is 2.41 bits per heavy atom. The van der Waals surface area contributed by atoms with Crippen molar-refractivity contribution in [1.82, 2.24) is 10.2 Å². The van der Waals surface area contributed by atoms with E-state index in [-0.39, 0.29) is 29.1 Å². The number of hydrogen-bond acceptors (Lipinski definition) is 5. The predicted octanol–water partition coefficient (Wildman–Crippen LogP) is 2.55. The molecule has 0 saturated heterocycles. The molecule has 0 radical (unpaired) electrons. The summed E-state index contributed by atoms with van der Waals surface area (Å²) in [6.07, 6.45) is -0.193. The van der Waals surface area contributed by atoms with Crippen molar-refractivity contribution in [1.29, 1.82) is 0 Å². The molecule has 3 amide bonds. The lowest BCUT2D eigenvalue weighted by Gasteiger charge is -2.13. The molecule has 0 aromatic heterocycles. The lowest BCUT2D eigenvalue weighted by atomic mass is 10.1. The molecule has 2 aromatic carbocycles. The highest BCUT2D eigenvalue weighted by Gasteiger charge is 2.36. The molecule has 0 unspecified atom stereocenters. The Labute approximate surface area is 168 Å². The summed E-state index contributed by atoms with van der Waals surface area (Å²) in [6, 6.07) is 13.4. The molecule has 0 saturated carbocycles. The lowest BCUT2D eigenvalue weighted by molar-refractivity contribution is -0.129. The van der Waals surface area contributed by atoms with Gasteiger partial charge in [-0.1, -0.05) is 37.3 Å². The number of rotatable bonds is 7. The topological polar surface area (TPSA) is 92.8 Å². The molecular formula is C22H22N2O5. The van der Waals surface area contributed by atoms with Crippen LogP contribution in [0.25, 0.3) is 0 Å². The van der Waals surface area contributed by atoms with Crippen LogP contribution in [0.5, 0.6) is 0 Å². The van der Waals surface area contributed by atoms with Gasteiger partial charge in [-0.05, 0) is 37.1 Å². The third-order valence-electron chi connectivity index (χ3n) is 4.59. The average molecular weight is 394 g/mol. The van der Waals surface area contributed by atoms with Crippen LogP contribution in [0.15, 0.2) is 48.5 Å².